The number of ether oxygens (including phenoxy) is 4. The van der Waals surface area contributed by atoms with Crippen LogP contribution in [0.4, 0.5) is 0 Å². The second-order valence-electron chi connectivity index (χ2n) is 10.4. The van der Waals surface area contributed by atoms with Gasteiger partial charge in [-0.15, -0.1) is 0 Å². The highest BCUT2D eigenvalue weighted by Gasteiger charge is 2.61. The largest absolute Gasteiger partial charge is 0.460 e. The second kappa shape index (κ2) is 7.75. The molecule has 0 unspecified atom stereocenters. The third-order valence-electron chi connectivity index (χ3n) is 7.53. The van der Waals surface area contributed by atoms with Crippen LogP contribution >= 0.6 is 0 Å². The predicted molar refractivity (Wildman–Crippen MR) is 108 cm³/mol. The van der Waals surface area contributed by atoms with Crippen molar-refractivity contribution in [3.63, 3.8) is 0 Å². The van der Waals surface area contributed by atoms with E-state index in [0.717, 1.165) is 38.5 Å². The maximum atomic E-state index is 6.69. The van der Waals surface area contributed by atoms with Gasteiger partial charge in [-0.05, 0) is 38.4 Å². The molecule has 0 N–H and O–H groups in total. The zero-order valence-electron chi connectivity index (χ0n) is 18.3. The summed E-state index contributed by atoms with van der Waals surface area (Å²) in [5, 5.41) is 0. The van der Waals surface area contributed by atoms with Gasteiger partial charge >= 0.3 is 7.12 Å². The molecular formula is C22H37BO6. The van der Waals surface area contributed by atoms with Gasteiger partial charge in [-0.25, -0.2) is 0 Å². The van der Waals surface area contributed by atoms with Gasteiger partial charge in [0.2, 0.25) is 0 Å². The van der Waals surface area contributed by atoms with Crippen molar-refractivity contribution in [2.75, 3.05) is 13.2 Å². The van der Waals surface area contributed by atoms with E-state index in [4.69, 9.17) is 28.3 Å². The lowest BCUT2D eigenvalue weighted by Gasteiger charge is -2.38. The van der Waals surface area contributed by atoms with Gasteiger partial charge in [-0.3, -0.25) is 0 Å². The van der Waals surface area contributed by atoms with Crippen LogP contribution in [0.2, 0.25) is 5.82 Å². The maximum absolute atomic E-state index is 6.69. The molecule has 0 aromatic rings. The highest BCUT2D eigenvalue weighted by molar-refractivity contribution is 6.46. The van der Waals surface area contributed by atoms with Crippen LogP contribution in [-0.4, -0.2) is 55.8 Å². The fourth-order valence-corrected chi connectivity index (χ4v) is 5.90. The molecule has 2 saturated carbocycles. The third kappa shape index (κ3) is 3.81. The summed E-state index contributed by atoms with van der Waals surface area (Å²) in [5.41, 5.74) is -0.530. The van der Waals surface area contributed by atoms with Crippen molar-refractivity contribution in [1.29, 1.82) is 0 Å². The van der Waals surface area contributed by atoms with Crippen molar-refractivity contribution in [1.82, 2.24) is 0 Å². The SMILES string of the molecule is CC(C)B1O[C@@H]([C@H]2COC3(CCCCC3)O2)[C@H]([C@@]2(C)COC3(CCCCC3)O2)O1. The minimum atomic E-state index is -0.530. The van der Waals surface area contributed by atoms with Gasteiger partial charge in [-0.2, -0.15) is 0 Å². The van der Waals surface area contributed by atoms with E-state index in [1.807, 2.05) is 0 Å². The minimum absolute atomic E-state index is 0.120. The molecule has 29 heavy (non-hydrogen) atoms. The quantitative estimate of drug-likeness (QED) is 0.652. The Labute approximate surface area is 175 Å². The van der Waals surface area contributed by atoms with Crippen LogP contribution in [0.15, 0.2) is 0 Å². The van der Waals surface area contributed by atoms with E-state index in [9.17, 15) is 0 Å². The average Bonchev–Trinajstić information content (AvgIpc) is 3.41. The first-order chi connectivity index (χ1) is 13.9. The predicted octanol–water partition coefficient (Wildman–Crippen LogP) is 4.21. The van der Waals surface area contributed by atoms with Crippen molar-refractivity contribution in [2.45, 2.75) is 126 Å². The highest BCUT2D eigenvalue weighted by Crippen LogP contribution is 2.48. The summed E-state index contributed by atoms with van der Waals surface area (Å²) in [4.78, 5) is 0. The number of hydrogen-bond donors (Lipinski definition) is 0. The first-order valence-corrected chi connectivity index (χ1v) is 11.9. The van der Waals surface area contributed by atoms with E-state index in [1.54, 1.807) is 0 Å². The Balaban J connectivity index is 1.34. The van der Waals surface area contributed by atoms with Crippen LogP contribution in [0.1, 0.15) is 85.0 Å². The Bertz CT molecular complexity index is 588. The molecule has 5 fully saturated rings. The molecule has 0 aromatic carbocycles. The molecule has 5 rings (SSSR count). The van der Waals surface area contributed by atoms with E-state index in [1.165, 1.54) is 25.7 Å². The first kappa shape index (κ1) is 20.7. The molecule has 3 saturated heterocycles. The summed E-state index contributed by atoms with van der Waals surface area (Å²) in [6.45, 7) is 7.51. The molecule has 0 bridgehead atoms. The van der Waals surface area contributed by atoms with Gasteiger partial charge in [0.25, 0.3) is 0 Å². The van der Waals surface area contributed by atoms with E-state index in [-0.39, 0.29) is 31.2 Å². The third-order valence-corrected chi connectivity index (χ3v) is 7.53. The second-order valence-corrected chi connectivity index (χ2v) is 10.4. The van der Waals surface area contributed by atoms with Crippen LogP contribution in [0.5, 0.6) is 0 Å². The van der Waals surface area contributed by atoms with Crippen LogP contribution in [-0.2, 0) is 28.3 Å². The van der Waals surface area contributed by atoms with E-state index < -0.39 is 17.2 Å². The van der Waals surface area contributed by atoms with E-state index in [2.05, 4.69) is 20.8 Å². The van der Waals surface area contributed by atoms with Gasteiger partial charge < -0.3 is 28.3 Å². The topological polar surface area (TPSA) is 55.4 Å². The summed E-state index contributed by atoms with van der Waals surface area (Å²) >= 11 is 0. The zero-order valence-corrected chi connectivity index (χ0v) is 18.3. The van der Waals surface area contributed by atoms with Crippen molar-refractivity contribution < 1.29 is 28.3 Å². The Morgan fingerprint density at radius 3 is 2.14 bits per heavy atom. The van der Waals surface area contributed by atoms with Gasteiger partial charge in [0.05, 0.1) is 19.3 Å². The molecular weight excluding hydrogens is 371 g/mol. The Hall–Kier alpha value is -0.175. The van der Waals surface area contributed by atoms with E-state index in [0.29, 0.717) is 13.2 Å². The summed E-state index contributed by atoms with van der Waals surface area (Å²) in [6.07, 6.45) is 10.6. The first-order valence-electron chi connectivity index (χ1n) is 11.9. The lowest BCUT2D eigenvalue weighted by atomic mass is 9.75. The fourth-order valence-electron chi connectivity index (χ4n) is 5.90. The van der Waals surface area contributed by atoms with Gasteiger partial charge in [0, 0.05) is 25.7 Å². The molecule has 0 amide bonds. The molecule has 3 aliphatic heterocycles. The molecule has 164 valence electrons. The monoisotopic (exact) mass is 408 g/mol. The van der Waals surface area contributed by atoms with Crippen LogP contribution in [0, 0.1) is 0 Å². The lowest BCUT2D eigenvalue weighted by molar-refractivity contribution is -0.223. The zero-order chi connectivity index (χ0) is 20.1. The summed E-state index contributed by atoms with van der Waals surface area (Å²) in [5.74, 6) is -0.581. The molecule has 7 heteroatoms. The van der Waals surface area contributed by atoms with Gasteiger partial charge in [0.15, 0.2) is 11.6 Å². The molecule has 2 aliphatic carbocycles. The number of hydrogen-bond acceptors (Lipinski definition) is 6. The Kier molecular flexibility index (Phi) is 5.54. The molecule has 3 heterocycles. The van der Waals surface area contributed by atoms with Crippen LogP contribution in [0.25, 0.3) is 0 Å². The molecule has 6 nitrogen and oxygen atoms in total. The fraction of sp³-hybridized carbons (Fsp3) is 1.00. The van der Waals surface area contributed by atoms with Gasteiger partial charge in [0.1, 0.15) is 17.8 Å². The van der Waals surface area contributed by atoms with Crippen molar-refractivity contribution in [3.05, 3.63) is 0 Å². The Morgan fingerprint density at radius 1 is 0.828 bits per heavy atom. The van der Waals surface area contributed by atoms with Crippen molar-refractivity contribution in [3.8, 4) is 0 Å². The molecule has 2 spiro atoms. The molecule has 4 atom stereocenters. The maximum Gasteiger partial charge on any atom is 0.460 e. The lowest BCUT2D eigenvalue weighted by Crippen LogP contribution is -2.53. The molecule has 0 radical (unpaired) electrons. The van der Waals surface area contributed by atoms with Crippen LogP contribution in [0.3, 0.4) is 0 Å². The summed E-state index contributed by atoms with van der Waals surface area (Å²) in [6, 6.07) is 0. The number of rotatable bonds is 3. The average molecular weight is 408 g/mol. The summed E-state index contributed by atoms with van der Waals surface area (Å²) < 4.78 is 38.7. The minimum Gasteiger partial charge on any atom is -0.403 e. The Morgan fingerprint density at radius 2 is 1.48 bits per heavy atom. The smallest absolute Gasteiger partial charge is 0.403 e. The van der Waals surface area contributed by atoms with E-state index >= 15 is 0 Å². The molecule has 5 aliphatic rings. The van der Waals surface area contributed by atoms with Gasteiger partial charge in [-0.1, -0.05) is 26.7 Å². The summed E-state index contributed by atoms with van der Waals surface area (Å²) in [7, 11) is -0.250. The standard InChI is InChI=1S/C22H37BO6/c1-16(2)23-27-18(17-14-24-21(26-17)10-6-4-7-11-21)19(28-23)20(3)15-25-22(29-20)12-8-5-9-13-22/h16-19H,4-15H2,1-3H3/t17-,18+,19-,20-/m1/s1. The highest BCUT2D eigenvalue weighted by atomic mass is 16.8. The van der Waals surface area contributed by atoms with Crippen LogP contribution < -0.4 is 0 Å². The molecule has 0 aromatic heterocycles. The van der Waals surface area contributed by atoms with Crippen molar-refractivity contribution >= 4 is 7.12 Å². The van der Waals surface area contributed by atoms with Crippen molar-refractivity contribution in [2.24, 2.45) is 0 Å². The normalized spacial score (nSPS) is 41.8.